The predicted molar refractivity (Wildman–Crippen MR) is 52.2 cm³/mol. The molecule has 3 heteroatoms. The van der Waals surface area contributed by atoms with Crippen LogP contribution in [-0.4, -0.2) is 18.2 Å². The molecule has 0 bridgehead atoms. The van der Waals surface area contributed by atoms with Gasteiger partial charge >= 0.3 is 6.09 Å². The van der Waals surface area contributed by atoms with Crippen molar-refractivity contribution >= 4 is 6.09 Å². The van der Waals surface area contributed by atoms with E-state index in [9.17, 15) is 4.79 Å². The molecule has 0 heterocycles. The van der Waals surface area contributed by atoms with Crippen molar-refractivity contribution in [1.29, 1.82) is 0 Å². The first kappa shape index (κ1) is 11.6. The highest BCUT2D eigenvalue weighted by atomic mass is 16.6. The zero-order valence-electron chi connectivity index (χ0n) is 8.26. The monoisotopic (exact) mass is 181 g/mol. The molecule has 0 fully saturated rings. The smallest absolute Gasteiger partial charge is 0.407 e. The van der Waals surface area contributed by atoms with E-state index in [1.165, 1.54) is 6.08 Å². The van der Waals surface area contributed by atoms with E-state index in [0.29, 0.717) is 6.54 Å². The Morgan fingerprint density at radius 3 is 2.69 bits per heavy atom. The summed E-state index contributed by atoms with van der Waals surface area (Å²) in [5, 5.41) is 2.53. The average Bonchev–Trinajstić information content (AvgIpc) is 1.94. The number of terminal acetylenes is 1. The molecule has 13 heavy (non-hydrogen) atoms. The van der Waals surface area contributed by atoms with Crippen molar-refractivity contribution in [3.63, 3.8) is 0 Å². The number of rotatable bonds is 2. The molecule has 0 saturated heterocycles. The van der Waals surface area contributed by atoms with Crippen molar-refractivity contribution in [2.75, 3.05) is 6.54 Å². The van der Waals surface area contributed by atoms with Gasteiger partial charge in [0.15, 0.2) is 0 Å². The molecule has 0 aliphatic heterocycles. The quantitative estimate of drug-likeness (QED) is 0.658. The molecule has 1 amide bonds. The summed E-state index contributed by atoms with van der Waals surface area (Å²) < 4.78 is 4.98. The molecule has 72 valence electrons. The fraction of sp³-hybridized carbons (Fsp3) is 0.500. The topological polar surface area (TPSA) is 38.3 Å². The fourth-order valence-electron chi connectivity index (χ4n) is 0.583. The second-order valence-electron chi connectivity index (χ2n) is 3.45. The normalized spacial score (nSPS) is 10.9. The summed E-state index contributed by atoms with van der Waals surface area (Å²) in [5.74, 6) is 2.32. The third kappa shape index (κ3) is 8.48. The third-order valence-electron chi connectivity index (χ3n) is 0.977. The van der Waals surface area contributed by atoms with E-state index in [1.54, 1.807) is 6.08 Å². The molecule has 1 N–H and O–H groups in total. The third-order valence-corrected chi connectivity index (χ3v) is 0.977. The summed E-state index contributed by atoms with van der Waals surface area (Å²) in [6.45, 7) is 5.82. The van der Waals surface area contributed by atoms with Gasteiger partial charge in [0.25, 0.3) is 0 Å². The lowest BCUT2D eigenvalue weighted by Gasteiger charge is -2.19. The van der Waals surface area contributed by atoms with Gasteiger partial charge in [-0.15, -0.1) is 6.42 Å². The maximum atomic E-state index is 11.0. The zero-order valence-corrected chi connectivity index (χ0v) is 8.26. The van der Waals surface area contributed by atoms with Gasteiger partial charge in [-0.3, -0.25) is 0 Å². The van der Waals surface area contributed by atoms with Gasteiger partial charge in [0.2, 0.25) is 0 Å². The van der Waals surface area contributed by atoms with E-state index in [4.69, 9.17) is 11.2 Å². The number of allylic oxidation sites excluding steroid dienone is 1. The molecular formula is C10H15NO2. The first-order valence-electron chi connectivity index (χ1n) is 4.03. The summed E-state index contributed by atoms with van der Waals surface area (Å²) in [6, 6.07) is 0. The van der Waals surface area contributed by atoms with Crippen LogP contribution in [0.3, 0.4) is 0 Å². The van der Waals surface area contributed by atoms with Crippen LogP contribution in [0.2, 0.25) is 0 Å². The molecule has 0 aliphatic carbocycles. The summed E-state index contributed by atoms with van der Waals surface area (Å²) in [5.41, 5.74) is -0.458. The summed E-state index contributed by atoms with van der Waals surface area (Å²) in [4.78, 5) is 11.0. The molecule has 0 rings (SSSR count). The van der Waals surface area contributed by atoms with Gasteiger partial charge in [-0.1, -0.05) is 12.0 Å². The minimum absolute atomic E-state index is 0.388. The number of amides is 1. The van der Waals surface area contributed by atoms with Crippen LogP contribution in [0.15, 0.2) is 12.2 Å². The van der Waals surface area contributed by atoms with Crippen molar-refractivity contribution in [3.8, 4) is 12.3 Å². The van der Waals surface area contributed by atoms with Crippen molar-refractivity contribution in [1.82, 2.24) is 5.32 Å². The van der Waals surface area contributed by atoms with Gasteiger partial charge in [0, 0.05) is 6.54 Å². The van der Waals surface area contributed by atoms with Crippen molar-refractivity contribution in [3.05, 3.63) is 12.2 Å². The van der Waals surface area contributed by atoms with Gasteiger partial charge < -0.3 is 10.1 Å². The lowest BCUT2D eigenvalue weighted by molar-refractivity contribution is 0.0534. The van der Waals surface area contributed by atoms with E-state index in [1.807, 2.05) is 20.8 Å². The molecule has 0 aromatic heterocycles. The lowest BCUT2D eigenvalue weighted by atomic mass is 10.2. The number of alkyl carbamates (subject to hydrolysis) is 1. The molecule has 0 saturated carbocycles. The second-order valence-corrected chi connectivity index (χ2v) is 3.45. The minimum atomic E-state index is -0.458. The van der Waals surface area contributed by atoms with Crippen LogP contribution in [0.4, 0.5) is 4.79 Å². The number of carbonyl (C=O) groups is 1. The van der Waals surface area contributed by atoms with E-state index in [2.05, 4.69) is 11.2 Å². The Morgan fingerprint density at radius 2 is 2.23 bits per heavy atom. The molecule has 0 aromatic carbocycles. The first-order chi connectivity index (χ1) is 5.95. The highest BCUT2D eigenvalue weighted by Gasteiger charge is 2.14. The highest BCUT2D eigenvalue weighted by molar-refractivity contribution is 5.67. The Morgan fingerprint density at radius 1 is 1.62 bits per heavy atom. The molecule has 0 unspecified atom stereocenters. The number of nitrogens with one attached hydrogen (secondary N) is 1. The Labute approximate surface area is 79.2 Å². The maximum absolute atomic E-state index is 11.0. The number of ether oxygens (including phenoxy) is 1. The standard InChI is InChI=1S/C10H15NO2/c1-5-6-7-8-11-9(12)13-10(2,3)4/h1,6-7H,8H2,2-4H3,(H,11,12)/b7-6+. The Hall–Kier alpha value is -1.43. The number of carbonyl (C=O) groups excluding carboxylic acids is 1. The second kappa shape index (κ2) is 5.26. The molecule has 3 nitrogen and oxygen atoms in total. The Bertz CT molecular complexity index is 230. The average molecular weight is 181 g/mol. The predicted octanol–water partition coefficient (Wildman–Crippen LogP) is 1.70. The van der Waals surface area contributed by atoms with E-state index < -0.39 is 11.7 Å². The molecule has 0 atom stereocenters. The van der Waals surface area contributed by atoms with E-state index in [-0.39, 0.29) is 0 Å². The van der Waals surface area contributed by atoms with Gasteiger partial charge in [-0.05, 0) is 26.8 Å². The molecular weight excluding hydrogens is 166 g/mol. The summed E-state index contributed by atoms with van der Waals surface area (Å²) in [6.07, 6.45) is 7.73. The first-order valence-corrected chi connectivity index (χ1v) is 4.03. The van der Waals surface area contributed by atoms with Crippen molar-refractivity contribution in [2.24, 2.45) is 0 Å². The van der Waals surface area contributed by atoms with Gasteiger partial charge in [-0.2, -0.15) is 0 Å². The minimum Gasteiger partial charge on any atom is -0.444 e. The van der Waals surface area contributed by atoms with Crippen molar-refractivity contribution < 1.29 is 9.53 Å². The van der Waals surface area contributed by atoms with Crippen LogP contribution in [-0.2, 0) is 4.74 Å². The molecule has 0 aromatic rings. The van der Waals surface area contributed by atoms with Gasteiger partial charge in [0.1, 0.15) is 5.60 Å². The molecule has 0 spiro atoms. The van der Waals surface area contributed by atoms with Crippen LogP contribution in [0.1, 0.15) is 20.8 Å². The number of hydrogen-bond donors (Lipinski definition) is 1. The van der Waals surface area contributed by atoms with Crippen molar-refractivity contribution in [2.45, 2.75) is 26.4 Å². The van der Waals surface area contributed by atoms with Gasteiger partial charge in [-0.25, -0.2) is 4.79 Å². The van der Waals surface area contributed by atoms with Crippen LogP contribution in [0.5, 0.6) is 0 Å². The largest absolute Gasteiger partial charge is 0.444 e. The van der Waals surface area contributed by atoms with Crippen LogP contribution >= 0.6 is 0 Å². The van der Waals surface area contributed by atoms with Crippen LogP contribution < -0.4 is 5.32 Å². The highest BCUT2D eigenvalue weighted by Crippen LogP contribution is 2.05. The number of hydrogen-bond acceptors (Lipinski definition) is 2. The van der Waals surface area contributed by atoms with Crippen LogP contribution in [0, 0.1) is 12.3 Å². The summed E-state index contributed by atoms with van der Waals surface area (Å²) >= 11 is 0. The van der Waals surface area contributed by atoms with E-state index >= 15 is 0 Å². The lowest BCUT2D eigenvalue weighted by Crippen LogP contribution is -2.32. The summed E-state index contributed by atoms with van der Waals surface area (Å²) in [7, 11) is 0. The molecule has 0 aliphatic rings. The zero-order chi connectivity index (χ0) is 10.3. The van der Waals surface area contributed by atoms with Gasteiger partial charge in [0.05, 0.1) is 0 Å². The maximum Gasteiger partial charge on any atom is 0.407 e. The van der Waals surface area contributed by atoms with Crippen LogP contribution in [0.25, 0.3) is 0 Å². The van der Waals surface area contributed by atoms with E-state index in [0.717, 1.165) is 0 Å². The fourth-order valence-corrected chi connectivity index (χ4v) is 0.583. The molecule has 0 radical (unpaired) electrons. The SMILES string of the molecule is C#C/C=C/CNC(=O)OC(C)(C)C. The Balaban J connectivity index is 3.66. The Kier molecular flexibility index (Phi) is 4.68.